The second-order valence-electron chi connectivity index (χ2n) is 3.65. The predicted molar refractivity (Wildman–Crippen MR) is 34.4 cm³/mol. The Morgan fingerprint density at radius 3 is 3.09 bits per heavy atom. The fraction of sp³-hybridized carbons (Fsp3) is 0.750. The minimum absolute atomic E-state index is 0.387. The molecular weight excluding hydrogens is 144 g/mol. The highest BCUT2D eigenvalue weighted by molar-refractivity contribution is 5.27. The van der Waals surface area contributed by atoms with E-state index in [9.17, 15) is 0 Å². The Morgan fingerprint density at radius 1 is 1.18 bits per heavy atom. The molecule has 2 fully saturated rings. The number of hydrogen-bond donors (Lipinski definition) is 0. The summed E-state index contributed by atoms with van der Waals surface area (Å²) < 4.78 is 16.2. The van der Waals surface area contributed by atoms with Crippen molar-refractivity contribution in [2.75, 3.05) is 0 Å². The van der Waals surface area contributed by atoms with E-state index in [0.29, 0.717) is 24.2 Å². The first-order chi connectivity index (χ1) is 5.43. The standard InChI is InChI=1S/C8H8O3/c1-2-4-6(9-4)5-3(1)10-8-7(5)11-8/h3-6H,1-2H2. The lowest BCUT2D eigenvalue weighted by Crippen LogP contribution is -2.30. The normalized spacial score (nSPS) is 55.3. The van der Waals surface area contributed by atoms with E-state index in [1.807, 2.05) is 0 Å². The lowest BCUT2D eigenvalue weighted by Gasteiger charge is -2.22. The van der Waals surface area contributed by atoms with Gasteiger partial charge in [0.15, 0.2) is 5.76 Å². The maximum Gasteiger partial charge on any atom is 0.326 e. The van der Waals surface area contributed by atoms with Crippen LogP contribution < -0.4 is 0 Å². The summed E-state index contributed by atoms with van der Waals surface area (Å²) in [5, 5.41) is 0. The van der Waals surface area contributed by atoms with E-state index in [4.69, 9.17) is 14.2 Å². The molecule has 4 unspecified atom stereocenters. The molecule has 0 bridgehead atoms. The van der Waals surface area contributed by atoms with E-state index < -0.39 is 0 Å². The molecule has 3 nitrogen and oxygen atoms in total. The SMILES string of the molecule is C1CC2OC3=C(O3)C2C2OC12. The van der Waals surface area contributed by atoms with Gasteiger partial charge in [-0.1, -0.05) is 0 Å². The number of hydrogen-bond acceptors (Lipinski definition) is 3. The van der Waals surface area contributed by atoms with Crippen molar-refractivity contribution in [3.05, 3.63) is 11.7 Å². The fourth-order valence-electron chi connectivity index (χ4n) is 2.37. The van der Waals surface area contributed by atoms with Gasteiger partial charge in [0.25, 0.3) is 0 Å². The molecule has 11 heavy (non-hydrogen) atoms. The zero-order valence-electron chi connectivity index (χ0n) is 5.95. The molecule has 3 heterocycles. The molecule has 0 aromatic carbocycles. The molecule has 0 aromatic heterocycles. The van der Waals surface area contributed by atoms with Crippen molar-refractivity contribution in [2.24, 2.45) is 5.92 Å². The molecule has 3 heteroatoms. The van der Waals surface area contributed by atoms with Gasteiger partial charge >= 0.3 is 5.95 Å². The summed E-state index contributed by atoms with van der Waals surface area (Å²) in [5.41, 5.74) is 0. The Labute approximate surface area is 63.9 Å². The van der Waals surface area contributed by atoms with Gasteiger partial charge in [-0.05, 0) is 12.8 Å². The lowest BCUT2D eigenvalue weighted by molar-refractivity contribution is 0.0101. The average Bonchev–Trinajstić information content (AvgIpc) is 2.89. The first-order valence-electron chi connectivity index (χ1n) is 4.17. The zero-order valence-corrected chi connectivity index (χ0v) is 5.95. The van der Waals surface area contributed by atoms with Gasteiger partial charge in [0.1, 0.15) is 6.10 Å². The third-order valence-corrected chi connectivity index (χ3v) is 3.04. The molecular formula is C8H8O3. The van der Waals surface area contributed by atoms with Crippen LogP contribution in [0.15, 0.2) is 11.7 Å². The van der Waals surface area contributed by atoms with Gasteiger partial charge in [0, 0.05) is 0 Å². The zero-order chi connectivity index (χ0) is 7.00. The molecule has 3 aliphatic heterocycles. The van der Waals surface area contributed by atoms with Crippen LogP contribution in [0.4, 0.5) is 0 Å². The second-order valence-corrected chi connectivity index (χ2v) is 3.65. The molecule has 0 aromatic rings. The summed E-state index contributed by atoms with van der Waals surface area (Å²) in [6.07, 6.45) is 3.66. The van der Waals surface area contributed by atoms with Gasteiger partial charge in [-0.15, -0.1) is 0 Å². The van der Waals surface area contributed by atoms with Crippen molar-refractivity contribution >= 4 is 0 Å². The first kappa shape index (κ1) is 5.04. The van der Waals surface area contributed by atoms with Crippen molar-refractivity contribution in [2.45, 2.75) is 31.2 Å². The molecule has 1 saturated carbocycles. The smallest absolute Gasteiger partial charge is 0.326 e. The van der Waals surface area contributed by atoms with Gasteiger partial charge in [0.05, 0.1) is 18.1 Å². The fourth-order valence-corrected chi connectivity index (χ4v) is 2.37. The minimum Gasteiger partial charge on any atom is -0.458 e. The van der Waals surface area contributed by atoms with E-state index in [2.05, 4.69) is 0 Å². The Hall–Kier alpha value is -0.700. The number of fused-ring (bicyclic) bond motifs is 4. The van der Waals surface area contributed by atoms with Crippen LogP contribution in [0.2, 0.25) is 0 Å². The summed E-state index contributed by atoms with van der Waals surface area (Å²) in [6, 6.07) is 0. The third kappa shape index (κ3) is 0.475. The molecule has 4 rings (SSSR count). The molecule has 58 valence electrons. The Morgan fingerprint density at radius 2 is 2.09 bits per heavy atom. The van der Waals surface area contributed by atoms with Crippen molar-refractivity contribution in [3.8, 4) is 0 Å². The summed E-state index contributed by atoms with van der Waals surface area (Å²) in [6.45, 7) is 0. The maximum atomic E-state index is 5.51. The van der Waals surface area contributed by atoms with Crippen LogP contribution >= 0.6 is 0 Å². The summed E-state index contributed by atoms with van der Waals surface area (Å²) >= 11 is 0. The van der Waals surface area contributed by atoms with E-state index in [-0.39, 0.29) is 0 Å². The minimum atomic E-state index is 0.387. The van der Waals surface area contributed by atoms with Crippen LogP contribution in [0.5, 0.6) is 0 Å². The van der Waals surface area contributed by atoms with Gasteiger partial charge in [0.2, 0.25) is 0 Å². The quantitative estimate of drug-likeness (QED) is 0.480. The largest absolute Gasteiger partial charge is 0.458 e. The van der Waals surface area contributed by atoms with Crippen LogP contribution in [0.25, 0.3) is 0 Å². The van der Waals surface area contributed by atoms with Gasteiger partial charge in [-0.25, -0.2) is 0 Å². The Bertz CT molecular complexity index is 271. The van der Waals surface area contributed by atoms with Gasteiger partial charge in [-0.3, -0.25) is 0 Å². The molecule has 1 aliphatic carbocycles. The monoisotopic (exact) mass is 152 g/mol. The first-order valence-corrected chi connectivity index (χ1v) is 4.17. The highest BCUT2D eigenvalue weighted by Crippen LogP contribution is 2.55. The molecule has 0 amide bonds. The summed E-state index contributed by atoms with van der Waals surface area (Å²) in [4.78, 5) is 0. The van der Waals surface area contributed by atoms with E-state index >= 15 is 0 Å². The molecule has 0 spiro atoms. The van der Waals surface area contributed by atoms with E-state index in [1.54, 1.807) is 0 Å². The van der Waals surface area contributed by atoms with Crippen molar-refractivity contribution in [1.82, 2.24) is 0 Å². The average molecular weight is 152 g/mol. The van der Waals surface area contributed by atoms with Crippen molar-refractivity contribution in [3.63, 3.8) is 0 Å². The van der Waals surface area contributed by atoms with Crippen LogP contribution in [-0.4, -0.2) is 18.3 Å². The molecule has 4 aliphatic rings. The third-order valence-electron chi connectivity index (χ3n) is 3.04. The molecule has 4 atom stereocenters. The van der Waals surface area contributed by atoms with Crippen molar-refractivity contribution < 1.29 is 14.2 Å². The van der Waals surface area contributed by atoms with Crippen LogP contribution in [0, 0.1) is 5.92 Å². The van der Waals surface area contributed by atoms with Crippen LogP contribution in [0.1, 0.15) is 12.8 Å². The Kier molecular flexibility index (Phi) is 0.590. The number of ether oxygens (including phenoxy) is 3. The van der Waals surface area contributed by atoms with Crippen LogP contribution in [-0.2, 0) is 14.2 Å². The molecule has 1 saturated heterocycles. The second kappa shape index (κ2) is 1.29. The summed E-state index contributed by atoms with van der Waals surface area (Å²) in [5.74, 6) is 2.35. The highest BCUT2D eigenvalue weighted by atomic mass is 16.8. The van der Waals surface area contributed by atoms with E-state index in [1.165, 1.54) is 6.42 Å². The highest BCUT2D eigenvalue weighted by Gasteiger charge is 2.62. The van der Waals surface area contributed by atoms with Gasteiger partial charge < -0.3 is 14.2 Å². The lowest BCUT2D eigenvalue weighted by atomic mass is 9.87. The number of epoxide rings is 1. The summed E-state index contributed by atoms with van der Waals surface area (Å²) in [7, 11) is 0. The maximum absolute atomic E-state index is 5.51. The van der Waals surface area contributed by atoms with E-state index in [0.717, 1.165) is 18.1 Å². The van der Waals surface area contributed by atoms with Crippen LogP contribution in [0.3, 0.4) is 0 Å². The molecule has 0 radical (unpaired) electrons. The Balaban J connectivity index is 1.75. The molecule has 0 N–H and O–H groups in total. The predicted octanol–water partition coefficient (Wildman–Crippen LogP) is 0.762. The topological polar surface area (TPSA) is 34.3 Å². The van der Waals surface area contributed by atoms with Gasteiger partial charge in [-0.2, -0.15) is 0 Å². The number of rotatable bonds is 0. The van der Waals surface area contributed by atoms with Crippen molar-refractivity contribution in [1.29, 1.82) is 0 Å².